The smallest absolute Gasteiger partial charge is 0.230 e. The molecular weight excluding hydrogens is 402 g/mol. The molecule has 6 nitrogen and oxygen atoms in total. The molecule has 0 bridgehead atoms. The quantitative estimate of drug-likeness (QED) is 0.584. The van der Waals surface area contributed by atoms with E-state index in [0.717, 1.165) is 28.9 Å². The van der Waals surface area contributed by atoms with Gasteiger partial charge in [-0.05, 0) is 48.4 Å². The Balaban J connectivity index is 1.65. The van der Waals surface area contributed by atoms with Crippen LogP contribution in [0.5, 0.6) is 11.5 Å². The van der Waals surface area contributed by atoms with E-state index in [2.05, 4.69) is 10.3 Å². The van der Waals surface area contributed by atoms with Gasteiger partial charge in [-0.25, -0.2) is 9.97 Å². The summed E-state index contributed by atoms with van der Waals surface area (Å²) < 4.78 is 5.23. The number of phenols is 1. The average molecular weight is 425 g/mol. The van der Waals surface area contributed by atoms with E-state index in [0.29, 0.717) is 17.2 Å². The van der Waals surface area contributed by atoms with Crippen LogP contribution in [0.4, 0.5) is 5.82 Å². The van der Waals surface area contributed by atoms with Gasteiger partial charge in [-0.3, -0.25) is 4.79 Å². The number of methoxy groups -OCH3 is 1. The first-order chi connectivity index (χ1) is 15.6. The molecule has 2 N–H and O–H groups in total. The molecule has 1 aliphatic rings. The first-order valence-corrected chi connectivity index (χ1v) is 10.3. The molecule has 0 atom stereocenters. The summed E-state index contributed by atoms with van der Waals surface area (Å²) in [5.74, 6) is 1.12. The Morgan fingerprint density at radius 2 is 1.88 bits per heavy atom. The van der Waals surface area contributed by atoms with Gasteiger partial charge in [-0.15, -0.1) is 0 Å². The van der Waals surface area contributed by atoms with E-state index in [1.807, 2.05) is 54.6 Å². The number of nitrogens with zero attached hydrogens (tertiary/aromatic N) is 2. The van der Waals surface area contributed by atoms with Crippen molar-refractivity contribution in [2.75, 3.05) is 12.4 Å². The Morgan fingerprint density at radius 3 is 2.62 bits per heavy atom. The molecule has 32 heavy (non-hydrogen) atoms. The molecule has 0 radical (unpaired) electrons. The fourth-order valence-electron chi connectivity index (χ4n) is 3.30. The molecule has 4 rings (SSSR count). The Labute approximate surface area is 186 Å². The van der Waals surface area contributed by atoms with Gasteiger partial charge in [0.1, 0.15) is 17.2 Å². The number of ether oxygens (including phenoxy) is 1. The van der Waals surface area contributed by atoms with E-state index in [-0.39, 0.29) is 18.1 Å². The van der Waals surface area contributed by atoms with Crippen molar-refractivity contribution in [1.82, 2.24) is 9.97 Å². The Bertz CT molecular complexity index is 1190. The highest BCUT2D eigenvalue weighted by molar-refractivity contribution is 5.95. The summed E-state index contributed by atoms with van der Waals surface area (Å²) in [5.41, 5.74) is 3.85. The second kappa shape index (κ2) is 9.75. The van der Waals surface area contributed by atoms with E-state index >= 15 is 0 Å². The zero-order valence-electron chi connectivity index (χ0n) is 17.7. The number of carbonyl (C=O) groups excluding carboxylic acids is 1. The number of aromatic hydroxyl groups is 1. The maximum Gasteiger partial charge on any atom is 0.230 e. The standard InChI is InChI=1S/C26H23N3O3/c1-32-22-14-10-19(11-15-22)23-17-27-26(25(28-23)20-6-4-2-3-5-7-20)29-24(31)16-18-8-12-21(30)13-9-18/h2,4-15,17,30H,3,16H2,1H3,(H,27,29,31). The number of hydrogen-bond donors (Lipinski definition) is 2. The van der Waals surface area contributed by atoms with Crippen molar-refractivity contribution < 1.29 is 14.6 Å². The number of rotatable bonds is 6. The molecule has 3 aromatic rings. The molecule has 6 heteroatoms. The maximum absolute atomic E-state index is 12.7. The maximum atomic E-state index is 12.7. The molecule has 160 valence electrons. The number of anilines is 1. The summed E-state index contributed by atoms with van der Waals surface area (Å²) in [6.07, 6.45) is 12.6. The summed E-state index contributed by atoms with van der Waals surface area (Å²) in [4.78, 5) is 22.1. The van der Waals surface area contributed by atoms with Crippen molar-refractivity contribution in [3.63, 3.8) is 0 Å². The molecule has 0 fully saturated rings. The first-order valence-electron chi connectivity index (χ1n) is 10.3. The normalized spacial score (nSPS) is 12.7. The van der Waals surface area contributed by atoms with Crippen LogP contribution >= 0.6 is 0 Å². The fraction of sp³-hybridized carbons (Fsp3) is 0.115. The summed E-state index contributed by atoms with van der Waals surface area (Å²) in [6, 6.07) is 14.1. The summed E-state index contributed by atoms with van der Waals surface area (Å²) in [5, 5.41) is 12.3. The van der Waals surface area contributed by atoms with Crippen LogP contribution in [0.1, 0.15) is 17.7 Å². The molecule has 1 amide bonds. The lowest BCUT2D eigenvalue weighted by molar-refractivity contribution is -0.115. The third kappa shape index (κ3) is 5.10. The second-order valence-electron chi connectivity index (χ2n) is 7.26. The Hall–Kier alpha value is -4.19. The van der Waals surface area contributed by atoms with Crippen LogP contribution in [0, 0.1) is 0 Å². The van der Waals surface area contributed by atoms with E-state index < -0.39 is 0 Å². The van der Waals surface area contributed by atoms with Crippen molar-refractivity contribution in [2.24, 2.45) is 0 Å². The van der Waals surface area contributed by atoms with Gasteiger partial charge in [-0.1, -0.05) is 42.5 Å². The minimum absolute atomic E-state index is 0.163. The van der Waals surface area contributed by atoms with E-state index in [4.69, 9.17) is 9.72 Å². The lowest BCUT2D eigenvalue weighted by atomic mass is 10.1. The molecule has 0 spiro atoms. The SMILES string of the molecule is COc1ccc(-c2cnc(NC(=O)Cc3ccc(O)cc3)c(C3=CC=CCC=C3)n2)cc1. The summed E-state index contributed by atoms with van der Waals surface area (Å²) >= 11 is 0. The topological polar surface area (TPSA) is 84.3 Å². The zero-order valence-corrected chi connectivity index (χ0v) is 17.7. The number of phenolic OH excluding ortho intramolecular Hbond substituents is 1. The largest absolute Gasteiger partial charge is 0.508 e. The highest BCUT2D eigenvalue weighted by atomic mass is 16.5. The molecule has 2 aromatic carbocycles. The van der Waals surface area contributed by atoms with Gasteiger partial charge in [0.15, 0.2) is 5.82 Å². The van der Waals surface area contributed by atoms with Crippen LogP contribution in [0.25, 0.3) is 16.8 Å². The van der Waals surface area contributed by atoms with Gasteiger partial charge >= 0.3 is 0 Å². The zero-order chi connectivity index (χ0) is 22.3. The number of carbonyl (C=O) groups is 1. The lowest BCUT2D eigenvalue weighted by Crippen LogP contribution is -2.17. The van der Waals surface area contributed by atoms with Crippen molar-refractivity contribution in [3.05, 3.63) is 96.4 Å². The number of aromatic nitrogens is 2. The van der Waals surface area contributed by atoms with Crippen molar-refractivity contribution in [3.8, 4) is 22.8 Å². The number of amides is 1. The minimum Gasteiger partial charge on any atom is -0.508 e. The predicted octanol–water partition coefficient (Wildman–Crippen LogP) is 4.94. The van der Waals surface area contributed by atoms with Crippen molar-refractivity contribution in [1.29, 1.82) is 0 Å². The van der Waals surface area contributed by atoms with Crippen LogP contribution in [0.3, 0.4) is 0 Å². The first kappa shape index (κ1) is 21.1. The molecule has 1 heterocycles. The summed E-state index contributed by atoms with van der Waals surface area (Å²) in [6.45, 7) is 0. The highest BCUT2D eigenvalue weighted by Crippen LogP contribution is 2.27. The third-order valence-electron chi connectivity index (χ3n) is 4.97. The molecule has 0 unspecified atom stereocenters. The monoisotopic (exact) mass is 425 g/mol. The van der Waals surface area contributed by atoms with Crippen LogP contribution in [0.15, 0.2) is 85.1 Å². The molecule has 0 saturated carbocycles. The van der Waals surface area contributed by atoms with Gasteiger partial charge in [0.2, 0.25) is 5.91 Å². The number of hydrogen-bond acceptors (Lipinski definition) is 5. The van der Waals surface area contributed by atoms with Gasteiger partial charge in [-0.2, -0.15) is 0 Å². The molecule has 1 aromatic heterocycles. The minimum atomic E-state index is -0.211. The Kier molecular flexibility index (Phi) is 6.41. The lowest BCUT2D eigenvalue weighted by Gasteiger charge is -2.12. The third-order valence-corrected chi connectivity index (χ3v) is 4.97. The molecule has 1 aliphatic carbocycles. The van der Waals surface area contributed by atoms with E-state index in [9.17, 15) is 9.90 Å². The summed E-state index contributed by atoms with van der Waals surface area (Å²) in [7, 11) is 1.63. The van der Waals surface area contributed by atoms with Gasteiger partial charge < -0.3 is 15.2 Å². The average Bonchev–Trinajstić information content (AvgIpc) is 3.10. The predicted molar refractivity (Wildman–Crippen MR) is 125 cm³/mol. The highest BCUT2D eigenvalue weighted by Gasteiger charge is 2.15. The molecule has 0 saturated heterocycles. The van der Waals surface area contributed by atoms with Crippen LogP contribution < -0.4 is 10.1 Å². The van der Waals surface area contributed by atoms with Crippen molar-refractivity contribution in [2.45, 2.75) is 12.8 Å². The van der Waals surface area contributed by atoms with E-state index in [1.54, 1.807) is 37.6 Å². The second-order valence-corrected chi connectivity index (χ2v) is 7.26. The van der Waals surface area contributed by atoms with Crippen LogP contribution in [0.2, 0.25) is 0 Å². The Morgan fingerprint density at radius 1 is 1.09 bits per heavy atom. The molecular formula is C26H23N3O3. The van der Waals surface area contributed by atoms with Crippen molar-refractivity contribution >= 4 is 17.3 Å². The number of nitrogens with one attached hydrogen (secondary N) is 1. The van der Waals surface area contributed by atoms with Gasteiger partial charge in [0, 0.05) is 11.1 Å². The number of benzene rings is 2. The van der Waals surface area contributed by atoms with E-state index in [1.165, 1.54) is 0 Å². The number of allylic oxidation sites excluding steroid dienone is 6. The van der Waals surface area contributed by atoms with Gasteiger partial charge in [0.25, 0.3) is 0 Å². The van der Waals surface area contributed by atoms with Gasteiger partial charge in [0.05, 0.1) is 25.4 Å². The van der Waals surface area contributed by atoms with Crippen LogP contribution in [-0.2, 0) is 11.2 Å². The molecule has 0 aliphatic heterocycles. The fourth-order valence-corrected chi connectivity index (χ4v) is 3.30. The van der Waals surface area contributed by atoms with Crippen LogP contribution in [-0.4, -0.2) is 28.1 Å².